The van der Waals surface area contributed by atoms with Gasteiger partial charge in [-0.2, -0.15) is 0 Å². The Morgan fingerprint density at radius 2 is 1.29 bits per heavy atom. The van der Waals surface area contributed by atoms with Gasteiger partial charge in [-0.05, 0) is 57.2 Å². The number of rotatable bonds is 15. The first-order valence-electron chi connectivity index (χ1n) is 11.7. The van der Waals surface area contributed by atoms with E-state index in [2.05, 4.69) is 16.0 Å². The predicted octanol–water partition coefficient (Wildman–Crippen LogP) is -0.656. The number of benzene rings is 1. The number of nitrogens with one attached hydrogen (secondary N) is 3. The largest absolute Gasteiger partial charge is 0.344 e. The van der Waals surface area contributed by atoms with Crippen molar-refractivity contribution in [1.82, 2.24) is 16.0 Å². The molecule has 3 amide bonds. The number of carbonyl (C=O) groups excluding carboxylic acids is 4. The summed E-state index contributed by atoms with van der Waals surface area (Å²) >= 11 is 0. The fraction of sp³-hybridized carbons (Fsp3) is 0.583. The molecule has 0 saturated carbocycles. The third kappa shape index (κ3) is 10.4. The van der Waals surface area contributed by atoms with Crippen LogP contribution in [0, 0.1) is 5.92 Å². The molecule has 0 heterocycles. The molecule has 0 aromatic heterocycles. The summed E-state index contributed by atoms with van der Waals surface area (Å²) in [7, 11) is 0. The van der Waals surface area contributed by atoms with E-state index in [0.29, 0.717) is 12.8 Å². The van der Waals surface area contributed by atoms with E-state index in [1.807, 2.05) is 44.2 Å². The number of ketones is 1. The number of carbonyl (C=O) groups is 4. The van der Waals surface area contributed by atoms with Crippen LogP contribution < -0.4 is 33.2 Å². The fourth-order valence-electron chi connectivity index (χ4n) is 3.47. The topological polar surface area (TPSA) is 182 Å². The van der Waals surface area contributed by atoms with E-state index in [0.717, 1.165) is 5.56 Å². The molecule has 0 bridgehead atoms. The molecule has 0 radical (unpaired) electrons. The Bertz CT molecular complexity index is 802. The van der Waals surface area contributed by atoms with Crippen molar-refractivity contribution in [2.24, 2.45) is 23.1 Å². The standard InChI is InChI=1S/C24H40N6O4/c1-15(2)13-21(30-22(32)18(27)14-17-7-5-4-6-8-17)24(34)29-20(10-12-26)23(33)28-19(9-11-25)16(3)31/h4-8,15,18-21H,9-14,25-27H2,1-3H3,(H,28,33)(H,29,34)(H,30,32)/t18-,19+,20+,21+/m1/s1. The lowest BCUT2D eigenvalue weighted by molar-refractivity contribution is -0.133. The SMILES string of the molecule is CC(=O)[C@H](CCN)NC(=O)[C@H](CCN)NC(=O)[C@H](CC(C)C)NC(=O)[C@H](N)Cc1ccccc1. The molecule has 0 saturated heterocycles. The Kier molecular flexibility index (Phi) is 13.0. The lowest BCUT2D eigenvalue weighted by Gasteiger charge is -2.26. The summed E-state index contributed by atoms with van der Waals surface area (Å²) in [6, 6.07) is 5.94. The molecule has 1 aromatic rings. The first-order chi connectivity index (χ1) is 16.1. The van der Waals surface area contributed by atoms with Gasteiger partial charge in [0.2, 0.25) is 17.7 Å². The Labute approximate surface area is 201 Å². The average Bonchev–Trinajstić information content (AvgIpc) is 2.78. The normalized spacial score (nSPS) is 14.6. The molecule has 4 atom stereocenters. The maximum Gasteiger partial charge on any atom is 0.243 e. The molecule has 0 spiro atoms. The van der Waals surface area contributed by atoms with Crippen LogP contribution in [0.15, 0.2) is 30.3 Å². The minimum absolute atomic E-state index is 0.0924. The molecule has 0 aliphatic rings. The summed E-state index contributed by atoms with van der Waals surface area (Å²) in [5.41, 5.74) is 18.1. The third-order valence-electron chi connectivity index (χ3n) is 5.33. The minimum Gasteiger partial charge on any atom is -0.344 e. The Morgan fingerprint density at radius 1 is 0.794 bits per heavy atom. The van der Waals surface area contributed by atoms with Crippen molar-refractivity contribution in [3.05, 3.63) is 35.9 Å². The van der Waals surface area contributed by atoms with Gasteiger partial charge in [-0.25, -0.2) is 0 Å². The van der Waals surface area contributed by atoms with E-state index in [1.165, 1.54) is 6.92 Å². The van der Waals surface area contributed by atoms with Crippen molar-refractivity contribution in [2.75, 3.05) is 13.1 Å². The maximum atomic E-state index is 13.1. The Balaban J connectivity index is 2.88. The van der Waals surface area contributed by atoms with Crippen LogP contribution in [0.5, 0.6) is 0 Å². The van der Waals surface area contributed by atoms with Gasteiger partial charge in [0.25, 0.3) is 0 Å². The highest BCUT2D eigenvalue weighted by atomic mass is 16.2. The number of Topliss-reactive ketones (excluding diaryl/α,β-unsaturated/α-hetero) is 1. The number of hydrogen-bond donors (Lipinski definition) is 6. The highest BCUT2D eigenvalue weighted by Gasteiger charge is 2.29. The molecule has 0 fully saturated rings. The smallest absolute Gasteiger partial charge is 0.243 e. The van der Waals surface area contributed by atoms with Crippen LogP contribution in [0.4, 0.5) is 0 Å². The van der Waals surface area contributed by atoms with Gasteiger partial charge in [0.05, 0.1) is 12.1 Å². The van der Waals surface area contributed by atoms with E-state index >= 15 is 0 Å². The number of hydrogen-bond acceptors (Lipinski definition) is 7. The quantitative estimate of drug-likeness (QED) is 0.194. The number of nitrogens with two attached hydrogens (primary N) is 3. The van der Waals surface area contributed by atoms with Gasteiger partial charge in [-0.15, -0.1) is 0 Å². The first-order valence-corrected chi connectivity index (χ1v) is 11.7. The van der Waals surface area contributed by atoms with Crippen LogP contribution in [0.3, 0.4) is 0 Å². The molecule has 34 heavy (non-hydrogen) atoms. The zero-order chi connectivity index (χ0) is 25.7. The lowest BCUT2D eigenvalue weighted by Crippen LogP contribution is -2.57. The molecule has 10 nitrogen and oxygen atoms in total. The third-order valence-corrected chi connectivity index (χ3v) is 5.33. The van der Waals surface area contributed by atoms with E-state index in [9.17, 15) is 19.2 Å². The van der Waals surface area contributed by atoms with Gasteiger partial charge >= 0.3 is 0 Å². The zero-order valence-corrected chi connectivity index (χ0v) is 20.4. The molecule has 0 unspecified atom stereocenters. The lowest BCUT2D eigenvalue weighted by atomic mass is 10.0. The molecule has 9 N–H and O–H groups in total. The second-order valence-corrected chi connectivity index (χ2v) is 8.87. The van der Waals surface area contributed by atoms with Gasteiger partial charge in [-0.3, -0.25) is 19.2 Å². The summed E-state index contributed by atoms with van der Waals surface area (Å²) in [5.74, 6) is -1.63. The van der Waals surface area contributed by atoms with Crippen molar-refractivity contribution in [1.29, 1.82) is 0 Å². The Morgan fingerprint density at radius 3 is 1.82 bits per heavy atom. The molecular weight excluding hydrogens is 436 g/mol. The van der Waals surface area contributed by atoms with E-state index in [4.69, 9.17) is 17.2 Å². The van der Waals surface area contributed by atoms with E-state index in [-0.39, 0.29) is 37.6 Å². The molecule has 1 aromatic carbocycles. The van der Waals surface area contributed by atoms with Crippen molar-refractivity contribution >= 4 is 23.5 Å². The van der Waals surface area contributed by atoms with Gasteiger partial charge in [0.15, 0.2) is 5.78 Å². The second-order valence-electron chi connectivity index (χ2n) is 8.87. The van der Waals surface area contributed by atoms with Crippen molar-refractivity contribution in [2.45, 2.75) is 70.6 Å². The van der Waals surface area contributed by atoms with Crippen molar-refractivity contribution in [3.63, 3.8) is 0 Å². The van der Waals surface area contributed by atoms with Crippen molar-refractivity contribution < 1.29 is 19.2 Å². The van der Waals surface area contributed by atoms with Crippen LogP contribution in [0.2, 0.25) is 0 Å². The maximum absolute atomic E-state index is 13.1. The minimum atomic E-state index is -0.957. The van der Waals surface area contributed by atoms with Gasteiger partial charge in [0.1, 0.15) is 12.1 Å². The van der Waals surface area contributed by atoms with E-state index in [1.54, 1.807) is 0 Å². The molecule has 190 valence electrons. The van der Waals surface area contributed by atoms with Gasteiger partial charge in [0, 0.05) is 0 Å². The van der Waals surface area contributed by atoms with Gasteiger partial charge in [-0.1, -0.05) is 44.2 Å². The van der Waals surface area contributed by atoms with Crippen LogP contribution in [0.25, 0.3) is 0 Å². The Hall–Kier alpha value is -2.82. The summed E-state index contributed by atoms with van der Waals surface area (Å²) in [6.07, 6.45) is 1.14. The summed E-state index contributed by atoms with van der Waals surface area (Å²) in [6.45, 7) is 5.58. The highest BCUT2D eigenvalue weighted by Crippen LogP contribution is 2.08. The molecular formula is C24H40N6O4. The van der Waals surface area contributed by atoms with Crippen LogP contribution >= 0.6 is 0 Å². The van der Waals surface area contributed by atoms with Crippen LogP contribution in [0.1, 0.15) is 45.6 Å². The summed E-state index contributed by atoms with van der Waals surface area (Å²) < 4.78 is 0. The average molecular weight is 477 g/mol. The molecule has 0 aliphatic carbocycles. The van der Waals surface area contributed by atoms with E-state index < -0.39 is 41.9 Å². The molecule has 1 rings (SSSR count). The zero-order valence-electron chi connectivity index (χ0n) is 20.4. The van der Waals surface area contributed by atoms with Crippen LogP contribution in [-0.4, -0.2) is 60.8 Å². The molecule has 0 aliphatic heterocycles. The predicted molar refractivity (Wildman–Crippen MR) is 131 cm³/mol. The van der Waals surface area contributed by atoms with Crippen molar-refractivity contribution in [3.8, 4) is 0 Å². The summed E-state index contributed by atoms with van der Waals surface area (Å²) in [4.78, 5) is 50.3. The molecule has 10 heteroatoms. The van der Waals surface area contributed by atoms with Crippen LogP contribution in [-0.2, 0) is 25.6 Å². The second kappa shape index (κ2) is 15.2. The number of amides is 3. The van der Waals surface area contributed by atoms with Gasteiger partial charge < -0.3 is 33.2 Å². The first kappa shape index (κ1) is 29.2. The fourth-order valence-corrected chi connectivity index (χ4v) is 3.47. The highest BCUT2D eigenvalue weighted by molar-refractivity contribution is 5.94. The monoisotopic (exact) mass is 476 g/mol. The summed E-state index contributed by atoms with van der Waals surface area (Å²) in [5, 5.41) is 8.03.